The van der Waals surface area contributed by atoms with Crippen LogP contribution in [0, 0.1) is 10.5 Å². The third-order valence-corrected chi connectivity index (χ3v) is 4.95. The molecule has 0 saturated heterocycles. The number of nitrogens with zero attached hydrogens (tertiary/aromatic N) is 1. The number of aryl methyl sites for hydroxylation is 1. The van der Waals surface area contributed by atoms with Crippen LogP contribution < -0.4 is 4.72 Å². The Kier molecular flexibility index (Phi) is 4.47. The average Bonchev–Trinajstić information content (AvgIpc) is 2.38. The first-order chi connectivity index (χ1) is 9.79. The van der Waals surface area contributed by atoms with Crippen molar-refractivity contribution in [3.63, 3.8) is 0 Å². The second-order valence-electron chi connectivity index (χ2n) is 4.24. The highest BCUT2D eigenvalue weighted by Gasteiger charge is 2.18. The highest BCUT2D eigenvalue weighted by Crippen LogP contribution is 2.20. The number of rotatable bonds is 4. The van der Waals surface area contributed by atoms with Gasteiger partial charge in [0.25, 0.3) is 10.0 Å². The van der Waals surface area contributed by atoms with Gasteiger partial charge in [-0.05, 0) is 59.8 Å². The van der Waals surface area contributed by atoms with Crippen molar-refractivity contribution in [2.45, 2.75) is 11.8 Å². The molecule has 0 aliphatic heterocycles. The van der Waals surface area contributed by atoms with Gasteiger partial charge < -0.3 is 5.11 Å². The van der Waals surface area contributed by atoms with Crippen LogP contribution in [-0.4, -0.2) is 24.5 Å². The van der Waals surface area contributed by atoms with Gasteiger partial charge in [-0.25, -0.2) is 13.2 Å². The fourth-order valence-corrected chi connectivity index (χ4v) is 3.30. The molecule has 0 aliphatic carbocycles. The van der Waals surface area contributed by atoms with Crippen molar-refractivity contribution in [3.05, 3.63) is 51.4 Å². The van der Waals surface area contributed by atoms with Crippen molar-refractivity contribution in [2.75, 3.05) is 4.72 Å². The minimum absolute atomic E-state index is 0.0515. The van der Waals surface area contributed by atoms with Gasteiger partial charge in [0.2, 0.25) is 0 Å². The highest BCUT2D eigenvalue weighted by molar-refractivity contribution is 14.1. The minimum atomic E-state index is -3.85. The molecule has 0 radical (unpaired) electrons. The number of nitrogens with one attached hydrogen (secondary N) is 1. The summed E-state index contributed by atoms with van der Waals surface area (Å²) < 4.78 is 27.4. The maximum Gasteiger partial charge on any atom is 0.336 e. The van der Waals surface area contributed by atoms with Gasteiger partial charge in [0, 0.05) is 15.5 Å². The Morgan fingerprint density at radius 3 is 2.62 bits per heavy atom. The monoisotopic (exact) mass is 418 g/mol. The third-order valence-electron chi connectivity index (χ3n) is 2.63. The summed E-state index contributed by atoms with van der Waals surface area (Å²) in [4.78, 5) is 15.0. The molecule has 6 nitrogen and oxygen atoms in total. The number of aromatic nitrogens is 1. The lowest BCUT2D eigenvalue weighted by Crippen LogP contribution is -2.14. The summed E-state index contributed by atoms with van der Waals surface area (Å²) in [6.45, 7) is 1.74. The van der Waals surface area contributed by atoms with Crippen molar-refractivity contribution in [1.29, 1.82) is 0 Å². The number of hydrogen-bond acceptors (Lipinski definition) is 4. The van der Waals surface area contributed by atoms with Crippen molar-refractivity contribution in [3.8, 4) is 0 Å². The molecule has 2 aromatic rings. The largest absolute Gasteiger partial charge is 0.478 e. The van der Waals surface area contributed by atoms with Gasteiger partial charge in [0.1, 0.15) is 0 Å². The molecule has 0 bridgehead atoms. The Hall–Kier alpha value is -1.68. The lowest BCUT2D eigenvalue weighted by atomic mass is 10.2. The number of anilines is 1. The van der Waals surface area contributed by atoms with Gasteiger partial charge in [-0.3, -0.25) is 9.71 Å². The Morgan fingerprint density at radius 1 is 1.29 bits per heavy atom. The number of benzene rings is 1. The SMILES string of the molecule is Cc1cc(NS(=O)(=O)c2ccc(I)c(C(=O)O)c2)ccn1. The molecule has 0 amide bonds. The zero-order valence-corrected chi connectivity index (χ0v) is 13.8. The van der Waals surface area contributed by atoms with E-state index in [-0.39, 0.29) is 10.5 Å². The second-order valence-corrected chi connectivity index (χ2v) is 7.08. The van der Waals surface area contributed by atoms with Crippen molar-refractivity contribution in [2.24, 2.45) is 0 Å². The molecule has 1 aromatic heterocycles. The number of carbonyl (C=O) groups is 1. The van der Waals surface area contributed by atoms with Gasteiger partial charge in [-0.15, -0.1) is 0 Å². The van der Waals surface area contributed by atoms with Gasteiger partial charge >= 0.3 is 5.97 Å². The summed E-state index contributed by atoms with van der Waals surface area (Å²) in [5.74, 6) is -1.17. The molecule has 0 fully saturated rings. The smallest absolute Gasteiger partial charge is 0.336 e. The molecule has 21 heavy (non-hydrogen) atoms. The van der Waals surface area contributed by atoms with Crippen LogP contribution in [0.2, 0.25) is 0 Å². The van der Waals surface area contributed by atoms with E-state index in [1.807, 2.05) is 22.6 Å². The van der Waals surface area contributed by atoms with Crippen LogP contribution in [0.5, 0.6) is 0 Å². The number of aromatic carboxylic acids is 1. The first kappa shape index (κ1) is 15.7. The molecule has 0 unspecified atom stereocenters. The molecule has 0 aliphatic rings. The lowest BCUT2D eigenvalue weighted by Gasteiger charge is -2.09. The van der Waals surface area contributed by atoms with Crippen LogP contribution in [0.25, 0.3) is 0 Å². The zero-order valence-electron chi connectivity index (χ0n) is 10.9. The van der Waals surface area contributed by atoms with Crippen molar-refractivity contribution >= 4 is 44.3 Å². The normalized spacial score (nSPS) is 11.1. The Balaban J connectivity index is 2.40. The molecule has 8 heteroatoms. The van der Waals surface area contributed by atoms with E-state index >= 15 is 0 Å². The standard InChI is InChI=1S/C13H11IN2O4S/c1-8-6-9(4-5-15-8)16-21(19,20)10-2-3-12(14)11(7-10)13(17)18/h2-7H,1H3,(H,15,16)(H,17,18). The summed E-state index contributed by atoms with van der Waals surface area (Å²) in [6, 6.07) is 7.07. The van der Waals surface area contributed by atoms with E-state index in [0.717, 1.165) is 6.07 Å². The Labute approximate surface area is 135 Å². The number of hydrogen-bond donors (Lipinski definition) is 2. The molecule has 0 saturated carbocycles. The van der Waals surface area contributed by atoms with E-state index in [1.54, 1.807) is 13.0 Å². The summed E-state index contributed by atoms with van der Waals surface area (Å²) in [5, 5.41) is 9.05. The zero-order chi connectivity index (χ0) is 15.6. The molecular weight excluding hydrogens is 407 g/mol. The van der Waals surface area contributed by atoms with Crippen LogP contribution in [0.15, 0.2) is 41.4 Å². The van der Waals surface area contributed by atoms with Crippen LogP contribution in [0.4, 0.5) is 5.69 Å². The van der Waals surface area contributed by atoms with E-state index in [9.17, 15) is 13.2 Å². The number of carboxylic acids is 1. The molecule has 110 valence electrons. The van der Waals surface area contributed by atoms with E-state index in [2.05, 4.69) is 9.71 Å². The van der Waals surface area contributed by atoms with Gasteiger partial charge in [-0.2, -0.15) is 0 Å². The summed E-state index contributed by atoms with van der Waals surface area (Å²) in [6.07, 6.45) is 1.49. The van der Waals surface area contributed by atoms with E-state index in [4.69, 9.17) is 5.11 Å². The first-order valence-corrected chi connectivity index (χ1v) is 8.34. The van der Waals surface area contributed by atoms with Crippen molar-refractivity contribution < 1.29 is 18.3 Å². The number of sulfonamides is 1. The quantitative estimate of drug-likeness (QED) is 0.744. The minimum Gasteiger partial charge on any atom is -0.478 e. The third kappa shape index (κ3) is 3.70. The predicted molar refractivity (Wildman–Crippen MR) is 85.9 cm³/mol. The predicted octanol–water partition coefficient (Wildman–Crippen LogP) is 2.49. The maximum absolute atomic E-state index is 12.3. The fraction of sp³-hybridized carbons (Fsp3) is 0.0769. The maximum atomic E-state index is 12.3. The van der Waals surface area contributed by atoms with Crippen LogP contribution in [0.1, 0.15) is 16.1 Å². The summed E-state index contributed by atoms with van der Waals surface area (Å²) in [7, 11) is -3.85. The topological polar surface area (TPSA) is 96.4 Å². The molecule has 0 spiro atoms. The molecule has 1 heterocycles. The number of halogens is 1. The number of carboxylic acid groups (broad SMARTS) is 1. The molecule has 2 N–H and O–H groups in total. The van der Waals surface area contributed by atoms with Crippen LogP contribution in [-0.2, 0) is 10.0 Å². The van der Waals surface area contributed by atoms with Gasteiger partial charge in [0.15, 0.2) is 0 Å². The van der Waals surface area contributed by atoms with E-state index < -0.39 is 16.0 Å². The molecule has 2 rings (SSSR count). The van der Waals surface area contributed by atoms with Crippen molar-refractivity contribution in [1.82, 2.24) is 4.98 Å². The second kappa shape index (κ2) is 5.98. The van der Waals surface area contributed by atoms with E-state index in [0.29, 0.717) is 15.0 Å². The van der Waals surface area contributed by atoms with Gasteiger partial charge in [-0.1, -0.05) is 0 Å². The Bertz CT molecular complexity index is 806. The molecular formula is C13H11IN2O4S. The average molecular weight is 418 g/mol. The Morgan fingerprint density at radius 2 is 2.00 bits per heavy atom. The first-order valence-electron chi connectivity index (χ1n) is 5.78. The van der Waals surface area contributed by atoms with Crippen LogP contribution in [0.3, 0.4) is 0 Å². The molecule has 0 atom stereocenters. The van der Waals surface area contributed by atoms with Crippen LogP contribution >= 0.6 is 22.6 Å². The summed E-state index contributed by atoms with van der Waals surface area (Å²) >= 11 is 1.84. The highest BCUT2D eigenvalue weighted by atomic mass is 127. The summed E-state index contributed by atoms with van der Waals surface area (Å²) in [5.41, 5.74) is 0.992. The van der Waals surface area contributed by atoms with E-state index in [1.165, 1.54) is 24.4 Å². The fourth-order valence-electron chi connectivity index (χ4n) is 1.66. The molecule has 1 aromatic carbocycles. The number of pyridine rings is 1. The lowest BCUT2D eigenvalue weighted by molar-refractivity contribution is 0.0695. The van der Waals surface area contributed by atoms with Gasteiger partial charge in [0.05, 0.1) is 16.1 Å².